The number of aromatic nitrogens is 1. The van der Waals surface area contributed by atoms with E-state index in [9.17, 15) is 9.90 Å². The van der Waals surface area contributed by atoms with Gasteiger partial charge in [-0.15, -0.1) is 0 Å². The van der Waals surface area contributed by atoms with Crippen LogP contribution in [0, 0.1) is 0 Å². The molecule has 0 saturated heterocycles. The molecule has 0 spiro atoms. The number of anilines is 1. The van der Waals surface area contributed by atoms with Crippen LogP contribution in [0.4, 0.5) is 5.69 Å². The number of carbonyl (C=O) groups is 1. The largest absolute Gasteiger partial charge is 0.508 e. The summed E-state index contributed by atoms with van der Waals surface area (Å²) in [4.78, 5) is 16.6. The molecule has 5 rings (SSSR count). The Bertz CT molecular complexity index is 1080. The van der Waals surface area contributed by atoms with Gasteiger partial charge < -0.3 is 21.0 Å². The third-order valence-corrected chi connectivity index (χ3v) is 6.74. The molecule has 2 aliphatic rings. The van der Waals surface area contributed by atoms with Crippen molar-refractivity contribution in [2.75, 3.05) is 5.32 Å². The lowest BCUT2D eigenvalue weighted by molar-refractivity contribution is -0.109. The maximum atomic E-state index is 11.9. The van der Waals surface area contributed by atoms with Crippen molar-refractivity contribution in [1.82, 2.24) is 4.98 Å². The quantitative estimate of drug-likeness (QED) is 0.547. The van der Waals surface area contributed by atoms with Crippen molar-refractivity contribution in [1.29, 1.82) is 0 Å². The van der Waals surface area contributed by atoms with Gasteiger partial charge in [-0.05, 0) is 73.9 Å². The number of aromatic hydroxyl groups is 1. The van der Waals surface area contributed by atoms with Crippen LogP contribution >= 0.6 is 0 Å². The first-order chi connectivity index (χ1) is 14.6. The molecule has 3 aromatic rings. The van der Waals surface area contributed by atoms with Gasteiger partial charge in [0, 0.05) is 34.9 Å². The molecule has 2 aromatic carbocycles. The number of hydrogen-bond acceptors (Lipinski definition) is 5. The predicted molar refractivity (Wildman–Crippen MR) is 120 cm³/mol. The Balaban J connectivity index is 1.62. The summed E-state index contributed by atoms with van der Waals surface area (Å²) in [6, 6.07) is 14.1. The normalized spacial score (nSPS) is 22.6. The second kappa shape index (κ2) is 7.40. The summed E-state index contributed by atoms with van der Waals surface area (Å²) in [6.07, 6.45) is 8.87. The second-order valence-corrected chi connectivity index (χ2v) is 8.86. The van der Waals surface area contributed by atoms with Gasteiger partial charge in [0.25, 0.3) is 0 Å². The molecular weight excluding hydrogens is 374 g/mol. The lowest BCUT2D eigenvalue weighted by Gasteiger charge is -2.29. The SMILES string of the molecule is NC1CCC(Nc2c(C3(C=O)CC3)cnc3ccc(-c4ccc(O)cc4)cc23)CC1. The van der Waals surface area contributed by atoms with E-state index in [0.717, 1.165) is 78.1 Å². The molecule has 2 fully saturated rings. The van der Waals surface area contributed by atoms with E-state index in [1.807, 2.05) is 24.4 Å². The van der Waals surface area contributed by atoms with Crippen molar-refractivity contribution in [3.05, 3.63) is 54.2 Å². The van der Waals surface area contributed by atoms with Gasteiger partial charge in [0.15, 0.2) is 0 Å². The number of fused-ring (bicyclic) bond motifs is 1. The molecule has 30 heavy (non-hydrogen) atoms. The molecule has 0 unspecified atom stereocenters. The molecule has 0 atom stereocenters. The van der Waals surface area contributed by atoms with Crippen molar-refractivity contribution in [2.45, 2.75) is 56.0 Å². The number of carbonyl (C=O) groups excluding carboxylic acids is 1. The first kappa shape index (κ1) is 19.1. The van der Waals surface area contributed by atoms with Crippen LogP contribution in [0.15, 0.2) is 48.7 Å². The second-order valence-electron chi connectivity index (χ2n) is 8.86. The van der Waals surface area contributed by atoms with Gasteiger partial charge in [-0.2, -0.15) is 0 Å². The van der Waals surface area contributed by atoms with Gasteiger partial charge >= 0.3 is 0 Å². The fourth-order valence-corrected chi connectivity index (χ4v) is 4.61. The zero-order chi connectivity index (χ0) is 20.7. The minimum Gasteiger partial charge on any atom is -0.508 e. The van der Waals surface area contributed by atoms with Crippen LogP contribution in [0.5, 0.6) is 5.75 Å². The van der Waals surface area contributed by atoms with Crippen molar-refractivity contribution < 1.29 is 9.90 Å². The maximum Gasteiger partial charge on any atom is 0.130 e. The minimum absolute atomic E-state index is 0.253. The van der Waals surface area contributed by atoms with Gasteiger partial charge in [0.1, 0.15) is 12.0 Å². The minimum atomic E-state index is -0.400. The van der Waals surface area contributed by atoms with Gasteiger partial charge in [-0.1, -0.05) is 18.2 Å². The highest BCUT2D eigenvalue weighted by atomic mass is 16.3. The maximum absolute atomic E-state index is 11.9. The van der Waals surface area contributed by atoms with Crippen molar-refractivity contribution in [3.63, 3.8) is 0 Å². The molecular formula is C25H27N3O2. The average molecular weight is 402 g/mol. The molecule has 1 heterocycles. The summed E-state index contributed by atoms with van der Waals surface area (Å²) in [7, 11) is 0. The summed E-state index contributed by atoms with van der Waals surface area (Å²) < 4.78 is 0. The van der Waals surface area contributed by atoms with E-state index in [2.05, 4.69) is 17.4 Å². The monoisotopic (exact) mass is 401 g/mol. The Hall–Kier alpha value is -2.92. The van der Waals surface area contributed by atoms with Gasteiger partial charge in [-0.25, -0.2) is 0 Å². The van der Waals surface area contributed by atoms with Crippen LogP contribution in [0.1, 0.15) is 44.1 Å². The molecule has 5 heteroatoms. The van der Waals surface area contributed by atoms with E-state index in [1.54, 1.807) is 12.1 Å². The van der Waals surface area contributed by atoms with Crippen LogP contribution in [0.3, 0.4) is 0 Å². The fourth-order valence-electron chi connectivity index (χ4n) is 4.61. The Morgan fingerprint density at radius 1 is 1.03 bits per heavy atom. The number of aldehydes is 1. The lowest BCUT2D eigenvalue weighted by atomic mass is 9.89. The summed E-state index contributed by atoms with van der Waals surface area (Å²) in [6.45, 7) is 0. The van der Waals surface area contributed by atoms with E-state index < -0.39 is 5.41 Å². The summed E-state index contributed by atoms with van der Waals surface area (Å²) in [5, 5.41) is 14.4. The molecule has 2 aliphatic carbocycles. The van der Waals surface area contributed by atoms with E-state index >= 15 is 0 Å². The van der Waals surface area contributed by atoms with E-state index in [0.29, 0.717) is 12.1 Å². The first-order valence-corrected chi connectivity index (χ1v) is 10.8. The average Bonchev–Trinajstić information content (AvgIpc) is 3.57. The van der Waals surface area contributed by atoms with Crippen LogP contribution in [0.25, 0.3) is 22.0 Å². The smallest absolute Gasteiger partial charge is 0.130 e. The van der Waals surface area contributed by atoms with Crippen LogP contribution in [-0.2, 0) is 10.2 Å². The lowest BCUT2D eigenvalue weighted by Crippen LogP contribution is -2.33. The molecule has 0 aliphatic heterocycles. The van der Waals surface area contributed by atoms with Crippen molar-refractivity contribution in [2.24, 2.45) is 5.73 Å². The standard InChI is InChI=1S/C25H27N3O2/c26-18-4-6-19(7-5-18)28-24-21-13-17(16-1-8-20(30)9-2-16)3-10-23(21)27-14-22(24)25(15-29)11-12-25/h1-3,8-10,13-15,18-19,30H,4-7,11-12,26H2,(H,27,28). The summed E-state index contributed by atoms with van der Waals surface area (Å²) in [5.74, 6) is 0.253. The number of nitrogens with two attached hydrogens (primary N) is 1. The Morgan fingerprint density at radius 3 is 2.40 bits per heavy atom. The number of phenolic OH excluding ortho intramolecular Hbond substituents is 1. The molecule has 4 N–H and O–H groups in total. The Labute approximate surface area is 176 Å². The van der Waals surface area contributed by atoms with Gasteiger partial charge in [0.05, 0.1) is 10.9 Å². The number of pyridine rings is 1. The van der Waals surface area contributed by atoms with E-state index in [1.165, 1.54) is 0 Å². The highest BCUT2D eigenvalue weighted by Gasteiger charge is 2.46. The van der Waals surface area contributed by atoms with Crippen LogP contribution in [0.2, 0.25) is 0 Å². The Kier molecular flexibility index (Phi) is 4.70. The highest BCUT2D eigenvalue weighted by Crippen LogP contribution is 2.50. The van der Waals surface area contributed by atoms with Gasteiger partial charge in [0.2, 0.25) is 0 Å². The number of rotatable bonds is 5. The number of nitrogens with zero attached hydrogens (tertiary/aromatic N) is 1. The third-order valence-electron chi connectivity index (χ3n) is 6.74. The number of nitrogens with one attached hydrogen (secondary N) is 1. The van der Waals surface area contributed by atoms with Crippen LogP contribution in [-0.4, -0.2) is 28.5 Å². The molecule has 5 nitrogen and oxygen atoms in total. The number of hydrogen-bond donors (Lipinski definition) is 3. The number of phenols is 1. The molecule has 0 amide bonds. The van der Waals surface area contributed by atoms with Gasteiger partial charge in [-0.3, -0.25) is 4.98 Å². The van der Waals surface area contributed by atoms with Crippen molar-refractivity contribution >= 4 is 22.9 Å². The molecule has 1 aromatic heterocycles. The molecule has 0 bridgehead atoms. The topological polar surface area (TPSA) is 88.2 Å². The van der Waals surface area contributed by atoms with Crippen LogP contribution < -0.4 is 11.1 Å². The molecule has 0 radical (unpaired) electrons. The summed E-state index contributed by atoms with van der Waals surface area (Å²) in [5.41, 5.74) is 10.8. The zero-order valence-electron chi connectivity index (χ0n) is 17.0. The van der Waals surface area contributed by atoms with E-state index in [-0.39, 0.29) is 5.75 Å². The van der Waals surface area contributed by atoms with E-state index in [4.69, 9.17) is 10.7 Å². The highest BCUT2D eigenvalue weighted by molar-refractivity contribution is 5.98. The fraction of sp³-hybridized carbons (Fsp3) is 0.360. The first-order valence-electron chi connectivity index (χ1n) is 10.8. The molecule has 2 saturated carbocycles. The summed E-state index contributed by atoms with van der Waals surface area (Å²) >= 11 is 0. The van der Waals surface area contributed by atoms with Crippen molar-refractivity contribution in [3.8, 4) is 16.9 Å². The zero-order valence-corrected chi connectivity index (χ0v) is 17.0. The third kappa shape index (κ3) is 3.43. The Morgan fingerprint density at radius 2 is 1.73 bits per heavy atom. The number of benzene rings is 2. The predicted octanol–water partition coefficient (Wildman–Crippen LogP) is 4.52. The molecule has 154 valence electrons.